The Morgan fingerprint density at radius 3 is 2.89 bits per heavy atom. The Morgan fingerprint density at radius 1 is 1.28 bits per heavy atom. The molecule has 0 spiro atoms. The second kappa shape index (κ2) is 4.53. The average molecular weight is 246 g/mol. The quantitative estimate of drug-likeness (QED) is 0.883. The summed E-state index contributed by atoms with van der Waals surface area (Å²) in [5.41, 5.74) is 3.32. The fraction of sp³-hybridized carbons (Fsp3) is 0.357. The maximum Gasteiger partial charge on any atom is 0.147 e. The van der Waals surface area contributed by atoms with Crippen molar-refractivity contribution in [1.29, 1.82) is 0 Å². The summed E-state index contributed by atoms with van der Waals surface area (Å²) in [6.07, 6.45) is 5.94. The Labute approximate surface area is 105 Å². The van der Waals surface area contributed by atoms with E-state index in [2.05, 4.69) is 4.98 Å². The molecule has 1 heterocycles. The van der Waals surface area contributed by atoms with Gasteiger partial charge in [0.25, 0.3) is 0 Å². The lowest BCUT2D eigenvalue weighted by Crippen LogP contribution is -2.08. The first-order chi connectivity index (χ1) is 8.79. The highest BCUT2D eigenvalue weighted by atomic mass is 19.1. The predicted octanol–water partition coefficient (Wildman–Crippen LogP) is 2.38. The topological polar surface area (TPSA) is 38.0 Å². The SMILES string of the molecule is OCc1ccc(-n2cnc3c2CCCC3)c(F)c1. The van der Waals surface area contributed by atoms with Gasteiger partial charge in [0.1, 0.15) is 5.82 Å². The second-order valence-electron chi connectivity index (χ2n) is 4.66. The molecule has 1 aliphatic rings. The van der Waals surface area contributed by atoms with E-state index in [1.807, 2.05) is 4.57 Å². The van der Waals surface area contributed by atoms with E-state index in [1.54, 1.807) is 18.5 Å². The fourth-order valence-corrected chi connectivity index (χ4v) is 2.52. The van der Waals surface area contributed by atoms with Gasteiger partial charge in [0.15, 0.2) is 0 Å². The van der Waals surface area contributed by atoms with Crippen molar-refractivity contribution >= 4 is 0 Å². The van der Waals surface area contributed by atoms with Crippen LogP contribution in [0.3, 0.4) is 0 Å². The molecule has 0 fully saturated rings. The van der Waals surface area contributed by atoms with E-state index in [1.165, 1.54) is 6.07 Å². The molecule has 0 bridgehead atoms. The minimum atomic E-state index is -0.313. The Hall–Kier alpha value is -1.68. The normalized spacial score (nSPS) is 14.6. The molecule has 0 atom stereocenters. The van der Waals surface area contributed by atoms with Crippen LogP contribution >= 0.6 is 0 Å². The predicted molar refractivity (Wildman–Crippen MR) is 66.1 cm³/mol. The first kappa shape index (κ1) is 11.4. The van der Waals surface area contributed by atoms with E-state index in [9.17, 15) is 4.39 Å². The summed E-state index contributed by atoms with van der Waals surface area (Å²) >= 11 is 0. The van der Waals surface area contributed by atoms with Gasteiger partial charge in [-0.25, -0.2) is 9.37 Å². The number of aromatic nitrogens is 2. The van der Waals surface area contributed by atoms with Crippen molar-refractivity contribution in [2.45, 2.75) is 32.3 Å². The van der Waals surface area contributed by atoms with Crippen molar-refractivity contribution in [3.8, 4) is 5.69 Å². The summed E-state index contributed by atoms with van der Waals surface area (Å²) in [7, 11) is 0. The Kier molecular flexibility index (Phi) is 2.88. The van der Waals surface area contributed by atoms with E-state index in [-0.39, 0.29) is 12.4 Å². The molecule has 0 saturated heterocycles. The van der Waals surface area contributed by atoms with Gasteiger partial charge in [-0.3, -0.25) is 0 Å². The molecule has 0 aliphatic heterocycles. The summed E-state index contributed by atoms with van der Waals surface area (Å²) in [6.45, 7) is -0.140. The molecule has 94 valence electrons. The molecule has 1 aromatic carbocycles. The van der Waals surface area contributed by atoms with Crippen LogP contribution in [0.25, 0.3) is 5.69 Å². The number of nitrogens with zero attached hydrogens (tertiary/aromatic N) is 2. The first-order valence-electron chi connectivity index (χ1n) is 6.24. The Morgan fingerprint density at radius 2 is 2.11 bits per heavy atom. The zero-order valence-corrected chi connectivity index (χ0v) is 10.1. The van der Waals surface area contributed by atoms with Gasteiger partial charge in [0.05, 0.1) is 24.3 Å². The van der Waals surface area contributed by atoms with Crippen LogP contribution in [0.15, 0.2) is 24.5 Å². The van der Waals surface area contributed by atoms with Crippen LogP contribution < -0.4 is 0 Å². The lowest BCUT2D eigenvalue weighted by molar-refractivity contribution is 0.281. The van der Waals surface area contributed by atoms with Crippen LogP contribution in [0.4, 0.5) is 4.39 Å². The minimum Gasteiger partial charge on any atom is -0.392 e. The number of aliphatic hydroxyl groups is 1. The van der Waals surface area contributed by atoms with E-state index < -0.39 is 0 Å². The molecule has 1 N–H and O–H groups in total. The average Bonchev–Trinajstić information content (AvgIpc) is 2.82. The Bertz CT molecular complexity index is 577. The van der Waals surface area contributed by atoms with Crippen LogP contribution in [0.1, 0.15) is 29.8 Å². The fourth-order valence-electron chi connectivity index (χ4n) is 2.52. The summed E-state index contributed by atoms with van der Waals surface area (Å²) in [5, 5.41) is 8.99. The monoisotopic (exact) mass is 246 g/mol. The molecule has 0 radical (unpaired) electrons. The van der Waals surface area contributed by atoms with Crippen LogP contribution in [-0.4, -0.2) is 14.7 Å². The van der Waals surface area contributed by atoms with Crippen molar-refractivity contribution in [2.75, 3.05) is 0 Å². The number of hydrogen-bond donors (Lipinski definition) is 1. The van der Waals surface area contributed by atoms with Gasteiger partial charge in [0, 0.05) is 5.69 Å². The minimum absolute atomic E-state index is 0.140. The van der Waals surface area contributed by atoms with Crippen LogP contribution in [-0.2, 0) is 19.4 Å². The van der Waals surface area contributed by atoms with Gasteiger partial charge < -0.3 is 9.67 Å². The molecule has 1 aliphatic carbocycles. The molecule has 0 saturated carbocycles. The molecule has 4 heteroatoms. The maximum absolute atomic E-state index is 14.0. The highest BCUT2D eigenvalue weighted by Gasteiger charge is 2.17. The molecule has 0 amide bonds. The molecule has 3 nitrogen and oxygen atoms in total. The number of aliphatic hydroxyl groups excluding tert-OH is 1. The van der Waals surface area contributed by atoms with Crippen molar-refractivity contribution < 1.29 is 9.50 Å². The van der Waals surface area contributed by atoms with Gasteiger partial charge >= 0.3 is 0 Å². The lowest BCUT2D eigenvalue weighted by atomic mass is 10.0. The molecule has 2 aromatic rings. The highest BCUT2D eigenvalue weighted by Crippen LogP contribution is 2.24. The smallest absolute Gasteiger partial charge is 0.147 e. The van der Waals surface area contributed by atoms with Gasteiger partial charge in [0.2, 0.25) is 0 Å². The van der Waals surface area contributed by atoms with Crippen LogP contribution in [0.5, 0.6) is 0 Å². The molecular formula is C14H15FN2O. The van der Waals surface area contributed by atoms with E-state index in [0.29, 0.717) is 11.3 Å². The van der Waals surface area contributed by atoms with Gasteiger partial charge in [-0.15, -0.1) is 0 Å². The number of hydrogen-bond acceptors (Lipinski definition) is 2. The summed E-state index contributed by atoms with van der Waals surface area (Å²) in [4.78, 5) is 4.36. The van der Waals surface area contributed by atoms with E-state index >= 15 is 0 Å². The first-order valence-corrected chi connectivity index (χ1v) is 6.24. The molecule has 3 rings (SSSR count). The lowest BCUT2D eigenvalue weighted by Gasteiger charge is -2.14. The molecular weight excluding hydrogens is 231 g/mol. The zero-order valence-electron chi connectivity index (χ0n) is 10.1. The third-order valence-electron chi connectivity index (χ3n) is 3.48. The van der Waals surface area contributed by atoms with Gasteiger partial charge in [-0.2, -0.15) is 0 Å². The number of aryl methyl sites for hydroxylation is 1. The number of imidazole rings is 1. The van der Waals surface area contributed by atoms with Crippen molar-refractivity contribution in [3.63, 3.8) is 0 Å². The number of fused-ring (bicyclic) bond motifs is 1. The Balaban J connectivity index is 2.07. The number of benzene rings is 1. The van der Waals surface area contributed by atoms with Crippen LogP contribution in [0.2, 0.25) is 0 Å². The van der Waals surface area contributed by atoms with Crippen molar-refractivity contribution in [2.24, 2.45) is 0 Å². The van der Waals surface area contributed by atoms with Crippen molar-refractivity contribution in [3.05, 3.63) is 47.3 Å². The largest absolute Gasteiger partial charge is 0.392 e. The molecule has 1 aromatic heterocycles. The van der Waals surface area contributed by atoms with Gasteiger partial charge in [-0.1, -0.05) is 6.07 Å². The van der Waals surface area contributed by atoms with E-state index in [4.69, 9.17) is 5.11 Å². The molecule has 18 heavy (non-hydrogen) atoms. The standard InChI is InChI=1S/C14H15FN2O/c15-11-7-10(8-18)5-6-13(11)17-9-16-12-3-1-2-4-14(12)17/h5-7,9,18H,1-4,8H2. The molecule has 0 unspecified atom stereocenters. The number of rotatable bonds is 2. The van der Waals surface area contributed by atoms with Crippen molar-refractivity contribution in [1.82, 2.24) is 9.55 Å². The number of halogens is 1. The van der Waals surface area contributed by atoms with Gasteiger partial charge in [-0.05, 0) is 43.4 Å². The zero-order chi connectivity index (χ0) is 12.5. The highest BCUT2D eigenvalue weighted by molar-refractivity contribution is 5.39. The summed E-state index contributed by atoms with van der Waals surface area (Å²) in [6, 6.07) is 4.83. The van der Waals surface area contributed by atoms with Crippen LogP contribution in [0, 0.1) is 5.82 Å². The summed E-state index contributed by atoms with van der Waals surface area (Å²) < 4.78 is 15.8. The third-order valence-corrected chi connectivity index (χ3v) is 3.48. The third kappa shape index (κ3) is 1.82. The summed E-state index contributed by atoms with van der Waals surface area (Å²) in [5.74, 6) is -0.313. The van der Waals surface area contributed by atoms with E-state index in [0.717, 1.165) is 37.1 Å². The maximum atomic E-state index is 14.0. The second-order valence-corrected chi connectivity index (χ2v) is 4.66.